The average Bonchev–Trinajstić information content (AvgIpc) is 3.09. The average molecular weight is 637 g/mol. The molecular formula is C38H36O5S2. The molecule has 6 aromatic rings. The molecule has 0 aliphatic carbocycles. The third kappa shape index (κ3) is 10.5. The molecule has 0 amide bonds. The van der Waals surface area contributed by atoms with E-state index >= 15 is 0 Å². The van der Waals surface area contributed by atoms with Crippen molar-refractivity contribution in [3.63, 3.8) is 0 Å². The number of benzene rings is 6. The highest BCUT2D eigenvalue weighted by Crippen LogP contribution is 2.56. The van der Waals surface area contributed by atoms with Crippen molar-refractivity contribution in [3.8, 4) is 45.3 Å². The molecule has 0 radical (unpaired) electrons. The van der Waals surface area contributed by atoms with E-state index < -0.39 is 10.0 Å². The van der Waals surface area contributed by atoms with Crippen LogP contribution >= 0.6 is 10.0 Å². The van der Waals surface area contributed by atoms with E-state index in [2.05, 4.69) is 85.7 Å². The van der Waals surface area contributed by atoms with E-state index in [-0.39, 0.29) is 23.0 Å². The van der Waals surface area contributed by atoms with Gasteiger partial charge in [0.25, 0.3) is 0 Å². The third-order valence-corrected chi connectivity index (χ3v) is 9.70. The zero-order valence-electron chi connectivity index (χ0n) is 25.0. The van der Waals surface area contributed by atoms with Crippen molar-refractivity contribution in [1.82, 2.24) is 0 Å². The summed E-state index contributed by atoms with van der Waals surface area (Å²) >= 11 is 2.83. The van der Waals surface area contributed by atoms with E-state index in [4.69, 9.17) is 24.6 Å². The van der Waals surface area contributed by atoms with Gasteiger partial charge in [-0.25, -0.2) is 0 Å². The Morgan fingerprint density at radius 2 is 0.556 bits per heavy atom. The maximum absolute atomic E-state index is 9.11. The maximum atomic E-state index is 9.11. The van der Waals surface area contributed by atoms with Crippen LogP contribution in [0.5, 0.6) is 23.0 Å². The van der Waals surface area contributed by atoms with Gasteiger partial charge in [0, 0.05) is 0 Å². The van der Waals surface area contributed by atoms with Gasteiger partial charge in [-0.05, 0) is 117 Å². The highest BCUT2D eigenvalue weighted by molar-refractivity contribution is 8.32. The number of hydrogen-bond acceptors (Lipinski definition) is 6. The molecule has 0 aromatic heterocycles. The molecule has 45 heavy (non-hydrogen) atoms. The summed E-state index contributed by atoms with van der Waals surface area (Å²) in [5.41, 5.74) is 4.07. The molecule has 0 unspecified atom stereocenters. The first kappa shape index (κ1) is 34.4. The van der Waals surface area contributed by atoms with Crippen LogP contribution in [-0.4, -0.2) is 37.1 Å². The van der Waals surface area contributed by atoms with E-state index in [0.29, 0.717) is 0 Å². The fourth-order valence-corrected chi connectivity index (χ4v) is 6.22. The van der Waals surface area contributed by atoms with E-state index in [1.807, 2.05) is 48.5 Å². The monoisotopic (exact) mass is 636 g/mol. The molecular weight excluding hydrogens is 601 g/mol. The van der Waals surface area contributed by atoms with Gasteiger partial charge in [-0.1, -0.05) is 84.9 Å². The quantitative estimate of drug-likeness (QED) is 0.154. The van der Waals surface area contributed by atoms with Gasteiger partial charge in [0.15, 0.2) is 12.5 Å². The zero-order chi connectivity index (χ0) is 32.7. The van der Waals surface area contributed by atoms with Gasteiger partial charge in [0.1, 0.15) is 23.0 Å². The highest BCUT2D eigenvalue weighted by atomic mass is 32.3. The normalized spacial score (nSPS) is 10.4. The Kier molecular flexibility index (Phi) is 13.2. The molecule has 0 atom stereocenters. The lowest BCUT2D eigenvalue weighted by Gasteiger charge is -2.32. The van der Waals surface area contributed by atoms with Crippen LogP contribution in [-0.2, 0) is 12.5 Å². The van der Waals surface area contributed by atoms with E-state index in [0.717, 1.165) is 22.3 Å². The summed E-state index contributed by atoms with van der Waals surface area (Å²) < 4.78 is 7.83. The lowest BCUT2D eigenvalue weighted by atomic mass is 10.1. The first-order valence-electron chi connectivity index (χ1n) is 13.9. The Labute approximate surface area is 271 Å². The molecule has 0 saturated carbocycles. The molecule has 0 heterocycles. The van der Waals surface area contributed by atoms with Crippen molar-refractivity contribution < 1.29 is 24.6 Å². The number of phenolic OH excluding ortho intramolecular Hbond substituents is 4. The van der Waals surface area contributed by atoms with Gasteiger partial charge >= 0.3 is 0 Å². The number of aromatic hydroxyl groups is 4. The van der Waals surface area contributed by atoms with Gasteiger partial charge < -0.3 is 20.4 Å². The minimum Gasteiger partial charge on any atom is -0.508 e. The standard InChI is InChI=1S/C14H16S.2C12H10O2.OS/c1-15(2,13-9-5-3-6-10-13)14-11-7-4-8-12-14;2*13-11-5-1-9(2-6-11)10-3-7-12(14)8-4-10;1-2/h3-12H,1-2H3;2*1-8,13-14H;. The summed E-state index contributed by atoms with van der Waals surface area (Å²) in [4.78, 5) is 2.88. The Morgan fingerprint density at radius 1 is 0.356 bits per heavy atom. The fraction of sp³-hybridized carbons (Fsp3) is 0.0526. The topological polar surface area (TPSA) is 98.0 Å². The lowest BCUT2D eigenvalue weighted by molar-refractivity contribution is 0.474. The van der Waals surface area contributed by atoms with Crippen molar-refractivity contribution in [3.05, 3.63) is 158 Å². The Balaban J connectivity index is 0.000000179. The van der Waals surface area contributed by atoms with Gasteiger partial charge in [0.05, 0.1) is 0 Å². The minimum absolute atomic E-state index is 0.257. The minimum atomic E-state index is -0.839. The second-order valence-electron chi connectivity index (χ2n) is 10.1. The summed E-state index contributed by atoms with van der Waals surface area (Å²) in [5.74, 6) is 1.03. The molecule has 230 valence electrons. The van der Waals surface area contributed by atoms with Gasteiger partial charge in [-0.15, -0.1) is 0 Å². The smallest absolute Gasteiger partial charge is 0.197 e. The summed E-state index contributed by atoms with van der Waals surface area (Å²) in [6.07, 6.45) is 4.69. The Hall–Kier alpha value is -5.11. The molecule has 5 nitrogen and oxygen atoms in total. The summed E-state index contributed by atoms with van der Waals surface area (Å²) in [6, 6.07) is 49.3. The number of rotatable bonds is 4. The van der Waals surface area contributed by atoms with Crippen LogP contribution in [0.3, 0.4) is 0 Å². The van der Waals surface area contributed by atoms with Crippen LogP contribution in [0.1, 0.15) is 0 Å². The SMILES string of the molecule is CS(C)(c1ccccc1)c1ccccc1.O=S.Oc1ccc(-c2ccc(O)cc2)cc1.Oc1ccc(-c2ccc(O)cc2)cc1. The lowest BCUT2D eigenvalue weighted by Crippen LogP contribution is -1.96. The predicted molar refractivity (Wildman–Crippen MR) is 187 cm³/mol. The summed E-state index contributed by atoms with van der Waals surface area (Å²) in [6.45, 7) is 0. The summed E-state index contributed by atoms with van der Waals surface area (Å²) in [5, 5.41) is 36.4. The fourth-order valence-electron chi connectivity index (χ4n) is 4.27. The van der Waals surface area contributed by atoms with Gasteiger partial charge in [-0.2, -0.15) is 14.2 Å². The second-order valence-corrected chi connectivity index (χ2v) is 13.7. The third-order valence-electron chi connectivity index (χ3n) is 6.80. The van der Waals surface area contributed by atoms with E-state index in [9.17, 15) is 0 Å². The van der Waals surface area contributed by atoms with Gasteiger partial charge in [0.2, 0.25) is 0 Å². The first-order chi connectivity index (χ1) is 21.7. The van der Waals surface area contributed by atoms with Crippen LogP contribution < -0.4 is 0 Å². The molecule has 0 aliphatic heterocycles. The van der Waals surface area contributed by atoms with Crippen LogP contribution in [0.25, 0.3) is 22.3 Å². The van der Waals surface area contributed by atoms with Crippen LogP contribution in [0, 0.1) is 0 Å². The Morgan fingerprint density at radius 3 is 0.756 bits per heavy atom. The maximum Gasteiger partial charge on any atom is 0.197 e. The van der Waals surface area contributed by atoms with Crippen molar-refractivity contribution in [1.29, 1.82) is 0 Å². The molecule has 7 heteroatoms. The summed E-state index contributed by atoms with van der Waals surface area (Å²) in [7, 11) is -0.839. The van der Waals surface area contributed by atoms with Crippen LogP contribution in [0.4, 0.5) is 0 Å². The molecule has 6 aromatic carbocycles. The van der Waals surface area contributed by atoms with E-state index in [1.54, 1.807) is 48.5 Å². The van der Waals surface area contributed by atoms with Gasteiger partial charge in [-0.3, -0.25) is 0 Å². The molecule has 0 spiro atoms. The first-order valence-corrected chi connectivity index (χ1v) is 16.7. The molecule has 0 aliphatic rings. The largest absolute Gasteiger partial charge is 0.508 e. The zero-order valence-corrected chi connectivity index (χ0v) is 26.7. The number of phenols is 4. The predicted octanol–water partition coefficient (Wildman–Crippen LogP) is 9.36. The molecule has 0 bridgehead atoms. The van der Waals surface area contributed by atoms with Crippen LogP contribution in [0.15, 0.2) is 168 Å². The van der Waals surface area contributed by atoms with E-state index in [1.165, 1.54) is 9.79 Å². The number of hydrogen-bond donors (Lipinski definition) is 4. The molecule has 0 saturated heterocycles. The second kappa shape index (κ2) is 17.3. The van der Waals surface area contributed by atoms with Crippen molar-refractivity contribution >= 4 is 22.6 Å². The highest BCUT2D eigenvalue weighted by Gasteiger charge is 2.16. The molecule has 0 fully saturated rings. The van der Waals surface area contributed by atoms with Crippen molar-refractivity contribution in [2.75, 3.05) is 12.5 Å². The molecule has 6 rings (SSSR count). The van der Waals surface area contributed by atoms with Crippen molar-refractivity contribution in [2.45, 2.75) is 9.79 Å². The molecule has 4 N–H and O–H groups in total. The van der Waals surface area contributed by atoms with Crippen LogP contribution in [0.2, 0.25) is 0 Å². The van der Waals surface area contributed by atoms with Crippen molar-refractivity contribution in [2.24, 2.45) is 0 Å². The Bertz CT molecular complexity index is 1480.